The van der Waals surface area contributed by atoms with Gasteiger partial charge in [-0.3, -0.25) is 0 Å². The fourth-order valence-electron chi connectivity index (χ4n) is 16.1. The number of para-hydroxylation sites is 4. The Bertz CT molecular complexity index is 7090. The summed E-state index contributed by atoms with van der Waals surface area (Å²) in [7, 11) is 8.32. The second-order valence-electron chi connectivity index (χ2n) is 29.2. The van der Waals surface area contributed by atoms with Crippen molar-refractivity contribution in [2.45, 2.75) is 76.2 Å². The zero-order chi connectivity index (χ0) is 74.0. The van der Waals surface area contributed by atoms with Crippen LogP contribution in [0.15, 0.2) is 243 Å². The van der Waals surface area contributed by atoms with Crippen molar-refractivity contribution in [3.63, 3.8) is 0 Å². The van der Waals surface area contributed by atoms with E-state index in [1.54, 1.807) is 0 Å². The van der Waals surface area contributed by atoms with Gasteiger partial charge in [0.25, 0.3) is 0 Å². The van der Waals surface area contributed by atoms with Crippen molar-refractivity contribution in [2.24, 2.45) is 28.2 Å². The average molecular weight is 1400 g/mol. The van der Waals surface area contributed by atoms with E-state index in [-0.39, 0.29) is 0 Å². The molecular formula is C95H82N8O4+4. The highest BCUT2D eigenvalue weighted by Crippen LogP contribution is 2.44. The summed E-state index contributed by atoms with van der Waals surface area (Å²) in [5.74, 6) is 0. The van der Waals surface area contributed by atoms with E-state index in [4.69, 9.17) is 37.6 Å². The van der Waals surface area contributed by atoms with E-state index in [9.17, 15) is 0 Å². The lowest BCUT2D eigenvalue weighted by Crippen LogP contribution is -2.31. The third-order valence-electron chi connectivity index (χ3n) is 21.5. The lowest BCUT2D eigenvalue weighted by molar-refractivity contribution is -0.660. The Morgan fingerprint density at radius 2 is 0.626 bits per heavy atom. The number of rotatable bonds is 4. The van der Waals surface area contributed by atoms with Crippen molar-refractivity contribution < 1.29 is 35.9 Å². The van der Waals surface area contributed by atoms with Crippen molar-refractivity contribution in [3.8, 4) is 45.0 Å². The summed E-state index contributed by atoms with van der Waals surface area (Å²) in [6, 6.07) is 69.7. The van der Waals surface area contributed by atoms with E-state index in [2.05, 4.69) is 269 Å². The number of hydrogen-bond acceptors (Lipinski definition) is 8. The van der Waals surface area contributed by atoms with E-state index in [0.29, 0.717) is 22.9 Å². The van der Waals surface area contributed by atoms with Crippen molar-refractivity contribution in [1.29, 1.82) is 0 Å². The van der Waals surface area contributed by atoms with E-state index >= 15 is 0 Å². The zero-order valence-electron chi connectivity index (χ0n) is 63.1. The zero-order valence-corrected chi connectivity index (χ0v) is 63.1. The average Bonchev–Trinajstić information content (AvgIpc) is 1.61. The Kier molecular flexibility index (Phi) is 16.6. The highest BCUT2D eigenvalue weighted by molar-refractivity contribution is 6.16. The Hall–Kier alpha value is -12.8. The fourth-order valence-corrected chi connectivity index (χ4v) is 16.1. The number of hydrogen-bond donors (Lipinski definition) is 0. The van der Waals surface area contributed by atoms with Crippen LogP contribution in [-0.4, -0.2) is 19.9 Å². The molecule has 12 nitrogen and oxygen atoms in total. The molecule has 0 amide bonds. The molecule has 12 heterocycles. The predicted octanol–water partition coefficient (Wildman–Crippen LogP) is 21.9. The van der Waals surface area contributed by atoms with Crippen LogP contribution in [0.25, 0.3) is 177 Å². The van der Waals surface area contributed by atoms with Gasteiger partial charge in [0.15, 0.2) is 47.1 Å². The van der Waals surface area contributed by atoms with Crippen molar-refractivity contribution in [3.05, 3.63) is 286 Å². The second kappa shape index (κ2) is 26.4. The molecule has 0 atom stereocenters. The molecule has 0 unspecified atom stereocenters. The number of nitrogens with zero attached hydrogens (tertiary/aromatic N) is 8. The van der Waals surface area contributed by atoms with Gasteiger partial charge in [-0.2, -0.15) is 0 Å². The van der Waals surface area contributed by atoms with Gasteiger partial charge in [0.05, 0.1) is 44.3 Å². The molecule has 0 aliphatic carbocycles. The Labute approximate surface area is 619 Å². The largest absolute Gasteiger partial charge is 0.437 e. The van der Waals surface area contributed by atoms with Gasteiger partial charge in [-0.25, -0.2) is 38.2 Å². The molecule has 0 fully saturated rings. The number of aromatic nitrogens is 8. The SMILES string of the molecule is Cc1cc(-c2c(C)ccc3c2oc2nc4ccccc4cc23)[n+](C)cc1C.Cc1cc(C)c2c(oc3nc4ccccc4cc32)c1-c1cccc[n+]1C.Cc1cc[n+](C)c(-c2c(C)cc(C)c3c2oc2nc4ccccc4cc23)c1.Cc1ccc(-c2c(C)cc(C)c3c2oc2nc4ccccc4cc23)[n+](C)c1. The highest BCUT2D eigenvalue weighted by atomic mass is 16.4. The molecule has 20 aromatic rings. The summed E-state index contributed by atoms with van der Waals surface area (Å²) in [5, 5.41) is 13.4. The van der Waals surface area contributed by atoms with Crippen LogP contribution in [0.3, 0.4) is 0 Å². The van der Waals surface area contributed by atoms with Crippen molar-refractivity contribution in [2.75, 3.05) is 0 Å². The van der Waals surface area contributed by atoms with Crippen LogP contribution in [0.2, 0.25) is 0 Å². The molecule has 12 heteroatoms. The normalized spacial score (nSPS) is 11.7. The minimum absolute atomic E-state index is 0.696. The molecule has 0 aliphatic heterocycles. The van der Waals surface area contributed by atoms with Gasteiger partial charge < -0.3 is 17.7 Å². The first-order valence-electron chi connectivity index (χ1n) is 36.5. The van der Waals surface area contributed by atoms with Crippen molar-refractivity contribution in [1.82, 2.24) is 19.9 Å². The minimum atomic E-state index is 0.696. The molecule has 0 bridgehead atoms. The molecular weight excluding hydrogens is 1320 g/mol. The number of furan rings is 4. The summed E-state index contributed by atoms with van der Waals surface area (Å²) < 4.78 is 34.1. The maximum atomic E-state index is 6.38. The molecule has 0 spiro atoms. The number of pyridine rings is 8. The summed E-state index contributed by atoms with van der Waals surface area (Å²) in [6.07, 6.45) is 8.49. The summed E-state index contributed by atoms with van der Waals surface area (Å²) >= 11 is 0. The van der Waals surface area contributed by atoms with Crippen molar-refractivity contribution >= 4 is 132 Å². The molecule has 0 radical (unpaired) electrons. The minimum Gasteiger partial charge on any atom is -0.437 e. The fraction of sp³-hybridized carbons (Fsp3) is 0.158. The number of fused-ring (bicyclic) bond motifs is 16. The molecule has 0 saturated heterocycles. The monoisotopic (exact) mass is 1400 g/mol. The molecule has 0 N–H and O–H groups in total. The van der Waals surface area contributed by atoms with Crippen LogP contribution >= 0.6 is 0 Å². The smallest absolute Gasteiger partial charge is 0.227 e. The van der Waals surface area contributed by atoms with Gasteiger partial charge in [0.2, 0.25) is 45.6 Å². The second-order valence-corrected chi connectivity index (χ2v) is 29.2. The summed E-state index contributed by atoms with van der Waals surface area (Å²) in [5.41, 5.74) is 33.0. The Morgan fingerprint density at radius 1 is 0.243 bits per heavy atom. The van der Waals surface area contributed by atoms with Gasteiger partial charge in [-0.1, -0.05) is 103 Å². The molecule has 12 aromatic heterocycles. The van der Waals surface area contributed by atoms with Gasteiger partial charge in [-0.05, 0) is 187 Å². The first-order valence-corrected chi connectivity index (χ1v) is 36.5. The van der Waals surface area contributed by atoms with Crippen LogP contribution in [-0.2, 0) is 28.2 Å². The van der Waals surface area contributed by atoms with E-state index in [1.807, 2.05) is 78.9 Å². The number of aryl methyl sites for hydroxylation is 15. The standard InChI is InChI=1S/3C24H21N2O.C23H19N2O/c1-14-9-10-18-19-12-17-7-5-6-8-20(17)25-24(19)27-23(18)22(14)21-11-15(2)16(3)13-26(21)4;1-14-9-10-20(26(4)13-14)22-16(3)11-15(2)21-18-12-17-7-5-6-8-19(17)25-24(18)27-23(21)22;1-14-9-10-26(4)20(11-14)22-16(3)12-15(2)21-18-13-17-7-5-6-8-19(17)25-24(18)27-23(21)22;1-14-12-15(2)21(19-10-6-7-11-25(19)3)22-20(14)17-13-16-8-4-5-9-18(16)24-23(17)26-22/h3*5-13H,1-4H3;4-13H,1-3H3/q4*+1. The predicted molar refractivity (Wildman–Crippen MR) is 435 cm³/mol. The quantitative estimate of drug-likeness (QED) is 0.160. The third-order valence-corrected chi connectivity index (χ3v) is 21.5. The summed E-state index contributed by atoms with van der Waals surface area (Å²) in [4.78, 5) is 19.1. The van der Waals surface area contributed by atoms with Crippen LogP contribution in [0.5, 0.6) is 0 Å². The topological polar surface area (TPSA) is 120 Å². The maximum absolute atomic E-state index is 6.38. The van der Waals surface area contributed by atoms with Gasteiger partial charge in [0, 0.05) is 112 Å². The van der Waals surface area contributed by atoms with Gasteiger partial charge in [-0.15, -0.1) is 0 Å². The molecule has 20 rings (SSSR count). The van der Waals surface area contributed by atoms with Gasteiger partial charge >= 0.3 is 0 Å². The van der Waals surface area contributed by atoms with E-state index in [1.165, 1.54) is 61.2 Å². The first kappa shape index (κ1) is 67.4. The Balaban J connectivity index is 0.000000105. The lowest BCUT2D eigenvalue weighted by atomic mass is 9.96. The van der Waals surface area contributed by atoms with Gasteiger partial charge in [0.1, 0.15) is 28.2 Å². The molecule has 0 saturated carbocycles. The highest BCUT2D eigenvalue weighted by Gasteiger charge is 2.28. The molecule has 107 heavy (non-hydrogen) atoms. The van der Waals surface area contributed by atoms with Crippen LogP contribution in [0.4, 0.5) is 0 Å². The molecule has 522 valence electrons. The van der Waals surface area contributed by atoms with E-state index < -0.39 is 0 Å². The van der Waals surface area contributed by atoms with Crippen LogP contribution < -0.4 is 18.3 Å². The van der Waals surface area contributed by atoms with Crippen LogP contribution in [0, 0.1) is 76.2 Å². The molecule has 8 aromatic carbocycles. The first-order chi connectivity index (χ1) is 51.7. The van der Waals surface area contributed by atoms with Crippen LogP contribution in [0.1, 0.15) is 61.2 Å². The van der Waals surface area contributed by atoms with E-state index in [0.717, 1.165) is 154 Å². The Morgan fingerprint density at radius 3 is 1.09 bits per heavy atom. The maximum Gasteiger partial charge on any atom is 0.227 e. The molecule has 0 aliphatic rings. The lowest BCUT2D eigenvalue weighted by Gasteiger charge is -2.08. The third kappa shape index (κ3) is 11.7. The number of benzene rings is 8. The summed E-state index contributed by atoms with van der Waals surface area (Å²) in [6.45, 7) is 23.6.